The summed E-state index contributed by atoms with van der Waals surface area (Å²) in [7, 11) is 2.30. The fraction of sp³-hybridized carbons (Fsp3) is 0.368. The average Bonchev–Trinajstić information content (AvgIpc) is 3.17. The van der Waals surface area contributed by atoms with Crippen LogP contribution in [0.3, 0.4) is 0 Å². The minimum Gasteiger partial charge on any atom is -0.469 e. The van der Waals surface area contributed by atoms with Gasteiger partial charge in [-0.3, -0.25) is 14.4 Å². The molecule has 2 aromatic rings. The first-order chi connectivity index (χ1) is 14.2. The molecule has 0 spiro atoms. The van der Waals surface area contributed by atoms with E-state index in [1.54, 1.807) is 6.07 Å². The molecular weight excluding hydrogens is 394 g/mol. The Kier molecular flexibility index (Phi) is 7.62. The molecule has 160 valence electrons. The number of nitrogens with zero attached hydrogens (tertiary/aromatic N) is 3. The van der Waals surface area contributed by atoms with Crippen LogP contribution in [0.1, 0.15) is 28.2 Å². The van der Waals surface area contributed by atoms with Crippen LogP contribution in [-0.2, 0) is 30.4 Å². The largest absolute Gasteiger partial charge is 0.469 e. The molecule has 1 heterocycles. The summed E-state index contributed by atoms with van der Waals surface area (Å²) < 4.78 is 10.2. The highest BCUT2D eigenvalue weighted by atomic mass is 16.5. The van der Waals surface area contributed by atoms with E-state index >= 15 is 0 Å². The van der Waals surface area contributed by atoms with E-state index in [9.17, 15) is 19.2 Å². The number of methoxy groups -OCH3 is 2. The molecule has 1 atom stereocenters. The van der Waals surface area contributed by atoms with Gasteiger partial charge in [0.15, 0.2) is 0 Å². The highest BCUT2D eigenvalue weighted by molar-refractivity contribution is 6.01. The Morgan fingerprint density at radius 3 is 2.47 bits per heavy atom. The van der Waals surface area contributed by atoms with Gasteiger partial charge in [-0.1, -0.05) is 6.07 Å². The lowest BCUT2D eigenvalue weighted by Gasteiger charge is -2.15. The predicted molar refractivity (Wildman–Crippen MR) is 104 cm³/mol. The molecule has 2 N–H and O–H groups in total. The van der Waals surface area contributed by atoms with Crippen LogP contribution in [0, 0.1) is 13.8 Å². The SMILES string of the molecule is COC(=O)C[C@H](NC(=O)Cn1cnc(C(=O)Nc2ccc(C)c(C)c2)n1)C(=O)OC. The lowest BCUT2D eigenvalue weighted by molar-refractivity contribution is -0.150. The van der Waals surface area contributed by atoms with E-state index in [1.165, 1.54) is 13.4 Å². The second kappa shape index (κ2) is 10.1. The molecule has 0 unspecified atom stereocenters. The fourth-order valence-electron chi connectivity index (χ4n) is 2.45. The van der Waals surface area contributed by atoms with Crippen molar-refractivity contribution in [1.82, 2.24) is 20.1 Å². The monoisotopic (exact) mass is 417 g/mol. The Balaban J connectivity index is 1.98. The van der Waals surface area contributed by atoms with Gasteiger partial charge in [0.05, 0.1) is 20.6 Å². The Morgan fingerprint density at radius 1 is 1.10 bits per heavy atom. The van der Waals surface area contributed by atoms with E-state index in [-0.39, 0.29) is 18.8 Å². The molecule has 0 aliphatic heterocycles. The van der Waals surface area contributed by atoms with Gasteiger partial charge in [-0.25, -0.2) is 14.5 Å². The molecule has 0 fully saturated rings. The highest BCUT2D eigenvalue weighted by Gasteiger charge is 2.25. The first-order valence-electron chi connectivity index (χ1n) is 8.95. The number of rotatable bonds is 8. The number of ether oxygens (including phenoxy) is 2. The van der Waals surface area contributed by atoms with Crippen LogP contribution in [0.4, 0.5) is 5.69 Å². The molecule has 1 aromatic heterocycles. The number of aromatic nitrogens is 3. The molecule has 0 aliphatic carbocycles. The second-order valence-electron chi connectivity index (χ2n) is 6.44. The first-order valence-corrected chi connectivity index (χ1v) is 8.95. The fourth-order valence-corrected chi connectivity index (χ4v) is 2.45. The minimum absolute atomic E-state index is 0.125. The highest BCUT2D eigenvalue weighted by Crippen LogP contribution is 2.14. The van der Waals surface area contributed by atoms with Crippen molar-refractivity contribution in [2.75, 3.05) is 19.5 Å². The van der Waals surface area contributed by atoms with E-state index in [4.69, 9.17) is 0 Å². The van der Waals surface area contributed by atoms with Gasteiger partial charge in [0.2, 0.25) is 11.7 Å². The van der Waals surface area contributed by atoms with E-state index in [0.29, 0.717) is 5.69 Å². The average molecular weight is 417 g/mol. The summed E-state index contributed by atoms with van der Waals surface area (Å²) in [5, 5.41) is 9.01. The van der Waals surface area contributed by atoms with Gasteiger partial charge in [-0.05, 0) is 37.1 Å². The number of benzene rings is 1. The number of anilines is 1. The maximum absolute atomic E-state index is 12.3. The standard InChI is InChI=1S/C19H23N5O6/c1-11-5-6-13(7-12(11)2)21-18(27)17-20-10-24(23-17)9-15(25)22-14(19(28)30-4)8-16(26)29-3/h5-7,10,14H,8-9H2,1-4H3,(H,21,27)(H,22,25)/t14-/m0/s1. The van der Waals surface area contributed by atoms with Crippen molar-refractivity contribution in [3.05, 3.63) is 41.5 Å². The van der Waals surface area contributed by atoms with E-state index in [0.717, 1.165) is 22.9 Å². The van der Waals surface area contributed by atoms with Crippen molar-refractivity contribution in [1.29, 1.82) is 0 Å². The van der Waals surface area contributed by atoms with Crippen LogP contribution < -0.4 is 10.6 Å². The maximum Gasteiger partial charge on any atom is 0.328 e. The molecule has 11 heteroatoms. The van der Waals surface area contributed by atoms with Crippen LogP contribution in [0.2, 0.25) is 0 Å². The summed E-state index contributed by atoms with van der Waals surface area (Å²) in [5.41, 5.74) is 2.72. The normalized spacial score (nSPS) is 11.3. The number of carbonyl (C=O) groups is 4. The zero-order chi connectivity index (χ0) is 22.3. The Labute approximate surface area is 172 Å². The quantitative estimate of drug-likeness (QED) is 0.587. The van der Waals surface area contributed by atoms with E-state index in [1.807, 2.05) is 26.0 Å². The number of carbonyl (C=O) groups excluding carboxylic acids is 4. The van der Waals surface area contributed by atoms with Crippen LogP contribution in [0.15, 0.2) is 24.5 Å². The Morgan fingerprint density at radius 2 is 1.83 bits per heavy atom. The van der Waals surface area contributed by atoms with Crippen LogP contribution >= 0.6 is 0 Å². The number of aryl methyl sites for hydroxylation is 2. The molecule has 0 radical (unpaired) electrons. The Bertz CT molecular complexity index is 955. The zero-order valence-electron chi connectivity index (χ0n) is 17.1. The molecule has 0 aliphatic rings. The van der Waals surface area contributed by atoms with Gasteiger partial charge in [0, 0.05) is 5.69 Å². The predicted octanol–water partition coefficient (Wildman–Crippen LogP) is 0.368. The molecule has 11 nitrogen and oxygen atoms in total. The van der Waals surface area contributed by atoms with Crippen molar-refractivity contribution in [3.63, 3.8) is 0 Å². The molecular formula is C19H23N5O6. The van der Waals surface area contributed by atoms with Gasteiger partial charge < -0.3 is 20.1 Å². The molecule has 2 amide bonds. The summed E-state index contributed by atoms with van der Waals surface area (Å²) in [6.45, 7) is 3.57. The summed E-state index contributed by atoms with van der Waals surface area (Å²) in [6, 6.07) is 4.27. The third-order valence-electron chi connectivity index (χ3n) is 4.23. The molecule has 1 aromatic carbocycles. The van der Waals surface area contributed by atoms with Gasteiger partial charge in [0.1, 0.15) is 18.9 Å². The van der Waals surface area contributed by atoms with Crippen LogP contribution in [-0.4, -0.2) is 58.8 Å². The van der Waals surface area contributed by atoms with Crippen LogP contribution in [0.5, 0.6) is 0 Å². The van der Waals surface area contributed by atoms with Gasteiger partial charge in [-0.2, -0.15) is 0 Å². The van der Waals surface area contributed by atoms with Gasteiger partial charge in [-0.15, -0.1) is 5.10 Å². The molecule has 30 heavy (non-hydrogen) atoms. The van der Waals surface area contributed by atoms with Crippen molar-refractivity contribution in [2.24, 2.45) is 0 Å². The number of hydrogen-bond acceptors (Lipinski definition) is 8. The van der Waals surface area contributed by atoms with E-state index < -0.39 is 29.8 Å². The lowest BCUT2D eigenvalue weighted by Crippen LogP contribution is -2.44. The molecule has 0 bridgehead atoms. The smallest absolute Gasteiger partial charge is 0.328 e. The third-order valence-corrected chi connectivity index (χ3v) is 4.23. The van der Waals surface area contributed by atoms with Crippen LogP contribution in [0.25, 0.3) is 0 Å². The third kappa shape index (κ3) is 6.12. The van der Waals surface area contributed by atoms with E-state index in [2.05, 4.69) is 30.2 Å². The zero-order valence-corrected chi connectivity index (χ0v) is 17.1. The van der Waals surface area contributed by atoms with Crippen molar-refractivity contribution in [2.45, 2.75) is 32.9 Å². The number of esters is 2. The second-order valence-corrected chi connectivity index (χ2v) is 6.44. The molecule has 2 rings (SSSR count). The van der Waals surface area contributed by atoms with Crippen molar-refractivity contribution in [3.8, 4) is 0 Å². The minimum atomic E-state index is -1.20. The summed E-state index contributed by atoms with van der Waals surface area (Å²) in [4.78, 5) is 51.5. The van der Waals surface area contributed by atoms with Gasteiger partial charge in [0.25, 0.3) is 5.91 Å². The summed E-state index contributed by atoms with van der Waals surface area (Å²) in [5.74, 6) is -2.76. The summed E-state index contributed by atoms with van der Waals surface area (Å²) >= 11 is 0. The molecule has 0 saturated heterocycles. The first kappa shape index (κ1) is 22.5. The number of nitrogens with one attached hydrogen (secondary N) is 2. The number of amides is 2. The number of hydrogen-bond donors (Lipinski definition) is 2. The topological polar surface area (TPSA) is 142 Å². The van der Waals surface area contributed by atoms with Gasteiger partial charge >= 0.3 is 11.9 Å². The Hall–Kier alpha value is -3.76. The molecule has 0 saturated carbocycles. The van der Waals surface area contributed by atoms with Crippen molar-refractivity contribution < 1.29 is 28.7 Å². The lowest BCUT2D eigenvalue weighted by atomic mass is 10.1. The van der Waals surface area contributed by atoms with Crippen molar-refractivity contribution >= 4 is 29.4 Å². The maximum atomic E-state index is 12.3. The summed E-state index contributed by atoms with van der Waals surface area (Å²) in [6.07, 6.45) is 0.832.